The minimum atomic E-state index is -0.0944. The molecule has 0 radical (unpaired) electrons. The minimum Gasteiger partial charge on any atom is -0.367 e. The molecule has 0 saturated carbocycles. The van der Waals surface area contributed by atoms with E-state index in [4.69, 9.17) is 5.73 Å². The molecule has 1 aromatic heterocycles. The number of aromatic amines is 1. The first kappa shape index (κ1) is 14.1. The van der Waals surface area contributed by atoms with E-state index in [0.717, 1.165) is 32.2 Å². The molecule has 0 aromatic carbocycles. The van der Waals surface area contributed by atoms with Crippen molar-refractivity contribution < 1.29 is 4.79 Å². The molecule has 1 aliphatic rings. The summed E-state index contributed by atoms with van der Waals surface area (Å²) in [5.74, 6) is 0.271. The molecule has 1 atom stereocenters. The van der Waals surface area contributed by atoms with E-state index in [0.29, 0.717) is 6.42 Å². The number of carbonyl (C=O) groups excluding carboxylic acids is 1. The molecule has 4 heteroatoms. The molecule has 1 unspecified atom stereocenters. The predicted octanol–water partition coefficient (Wildman–Crippen LogP) is 2.07. The molecule has 3 N–H and O–H groups in total. The number of piperidine rings is 1. The number of hydrogen-bond acceptors (Lipinski definition) is 2. The fourth-order valence-electron chi connectivity index (χ4n) is 3.01. The van der Waals surface area contributed by atoms with E-state index >= 15 is 0 Å². The topological polar surface area (TPSA) is 62.1 Å². The monoisotopic (exact) mass is 263 g/mol. The Morgan fingerprint density at radius 1 is 1.58 bits per heavy atom. The van der Waals surface area contributed by atoms with Crippen LogP contribution >= 0.6 is 0 Å². The Kier molecular flexibility index (Phi) is 4.30. The summed E-state index contributed by atoms with van der Waals surface area (Å²) in [5.41, 5.74) is 7.17. The number of aromatic nitrogens is 1. The van der Waals surface area contributed by atoms with Gasteiger partial charge in [0, 0.05) is 36.9 Å². The number of carbonyl (C=O) groups is 1. The number of hydrogen-bond donors (Lipinski definition) is 2. The van der Waals surface area contributed by atoms with Crippen LogP contribution < -0.4 is 5.73 Å². The van der Waals surface area contributed by atoms with Crippen LogP contribution in [0.4, 0.5) is 0 Å². The highest BCUT2D eigenvalue weighted by atomic mass is 16.2. The molecule has 2 rings (SSSR count). The number of likely N-dealkylation sites (tertiary alicyclic amines) is 1. The van der Waals surface area contributed by atoms with Gasteiger partial charge in [0.25, 0.3) is 0 Å². The highest BCUT2D eigenvalue weighted by molar-refractivity contribution is 5.77. The molecule has 2 heterocycles. The van der Waals surface area contributed by atoms with Crippen LogP contribution in [0.3, 0.4) is 0 Å². The van der Waals surface area contributed by atoms with Crippen molar-refractivity contribution in [2.75, 3.05) is 6.54 Å². The number of rotatable bonds is 4. The lowest BCUT2D eigenvalue weighted by molar-refractivity contribution is -0.138. The molecule has 0 bridgehead atoms. The zero-order valence-electron chi connectivity index (χ0n) is 12.0. The predicted molar refractivity (Wildman–Crippen MR) is 76.7 cm³/mol. The molecular formula is C15H25N3O. The SMILES string of the molecule is CC1(C)CC(N)CCN1C(=O)CCCc1cc[nH]c1. The zero-order valence-corrected chi connectivity index (χ0v) is 12.0. The Morgan fingerprint density at radius 3 is 3.00 bits per heavy atom. The third kappa shape index (κ3) is 3.60. The summed E-state index contributed by atoms with van der Waals surface area (Å²) in [4.78, 5) is 17.4. The van der Waals surface area contributed by atoms with Gasteiger partial charge in [-0.3, -0.25) is 4.79 Å². The molecule has 1 fully saturated rings. The first-order valence-electron chi connectivity index (χ1n) is 7.17. The normalized spacial score (nSPS) is 22.5. The zero-order chi connectivity index (χ0) is 13.9. The second kappa shape index (κ2) is 5.78. The molecule has 0 aliphatic carbocycles. The molecule has 106 valence electrons. The quantitative estimate of drug-likeness (QED) is 0.873. The maximum Gasteiger partial charge on any atom is 0.223 e. The van der Waals surface area contributed by atoms with Gasteiger partial charge in [-0.2, -0.15) is 0 Å². The molecule has 4 nitrogen and oxygen atoms in total. The van der Waals surface area contributed by atoms with Crippen molar-refractivity contribution in [3.05, 3.63) is 24.0 Å². The van der Waals surface area contributed by atoms with E-state index in [1.54, 1.807) is 0 Å². The average Bonchev–Trinajstić information content (AvgIpc) is 2.80. The summed E-state index contributed by atoms with van der Waals surface area (Å²) in [6.07, 6.45) is 8.24. The van der Waals surface area contributed by atoms with Crippen LogP contribution in [0.15, 0.2) is 18.5 Å². The van der Waals surface area contributed by atoms with Crippen LogP contribution in [0.1, 0.15) is 45.1 Å². The van der Waals surface area contributed by atoms with Gasteiger partial charge >= 0.3 is 0 Å². The van der Waals surface area contributed by atoms with Gasteiger partial charge < -0.3 is 15.6 Å². The van der Waals surface area contributed by atoms with Crippen molar-refractivity contribution in [1.82, 2.24) is 9.88 Å². The van der Waals surface area contributed by atoms with Gasteiger partial charge in [-0.05, 0) is 51.2 Å². The van der Waals surface area contributed by atoms with Crippen LogP contribution in [0.5, 0.6) is 0 Å². The van der Waals surface area contributed by atoms with Gasteiger partial charge in [0.1, 0.15) is 0 Å². The van der Waals surface area contributed by atoms with E-state index in [1.807, 2.05) is 17.3 Å². The molecule has 1 aromatic rings. The molecule has 1 amide bonds. The van der Waals surface area contributed by atoms with Gasteiger partial charge in [-0.25, -0.2) is 0 Å². The van der Waals surface area contributed by atoms with Gasteiger partial charge in [0.05, 0.1) is 0 Å². The van der Waals surface area contributed by atoms with Crippen LogP contribution in [0, 0.1) is 0 Å². The maximum atomic E-state index is 12.3. The molecule has 1 saturated heterocycles. The summed E-state index contributed by atoms with van der Waals surface area (Å²) < 4.78 is 0. The largest absolute Gasteiger partial charge is 0.367 e. The van der Waals surface area contributed by atoms with Gasteiger partial charge in [0.2, 0.25) is 5.91 Å². The highest BCUT2D eigenvalue weighted by Crippen LogP contribution is 2.27. The Morgan fingerprint density at radius 2 is 2.37 bits per heavy atom. The van der Waals surface area contributed by atoms with Crippen molar-refractivity contribution in [3.63, 3.8) is 0 Å². The van der Waals surface area contributed by atoms with Crippen molar-refractivity contribution in [1.29, 1.82) is 0 Å². The Balaban J connectivity index is 1.82. The standard InChI is InChI=1S/C15H25N3O/c1-15(2)10-13(16)7-9-18(15)14(19)5-3-4-12-6-8-17-11-12/h6,8,11,13,17H,3-5,7,9-10,16H2,1-2H3. The number of nitrogens with one attached hydrogen (secondary N) is 1. The Hall–Kier alpha value is -1.29. The van der Waals surface area contributed by atoms with Gasteiger partial charge in [-0.1, -0.05) is 0 Å². The molecule has 19 heavy (non-hydrogen) atoms. The molecule has 0 spiro atoms. The lowest BCUT2D eigenvalue weighted by Gasteiger charge is -2.45. The van der Waals surface area contributed by atoms with Crippen molar-refractivity contribution >= 4 is 5.91 Å². The first-order chi connectivity index (χ1) is 8.99. The first-order valence-corrected chi connectivity index (χ1v) is 7.17. The smallest absolute Gasteiger partial charge is 0.223 e. The highest BCUT2D eigenvalue weighted by Gasteiger charge is 2.35. The number of H-pyrrole nitrogens is 1. The van der Waals surface area contributed by atoms with Crippen molar-refractivity contribution in [2.45, 2.75) is 57.5 Å². The van der Waals surface area contributed by atoms with Crippen LogP contribution in [-0.4, -0.2) is 33.9 Å². The summed E-state index contributed by atoms with van der Waals surface area (Å²) in [6, 6.07) is 2.30. The molecular weight excluding hydrogens is 238 g/mol. The van der Waals surface area contributed by atoms with E-state index in [-0.39, 0.29) is 17.5 Å². The minimum absolute atomic E-state index is 0.0944. The number of nitrogens with two attached hydrogens (primary N) is 1. The summed E-state index contributed by atoms with van der Waals surface area (Å²) in [6.45, 7) is 5.04. The summed E-state index contributed by atoms with van der Waals surface area (Å²) >= 11 is 0. The average molecular weight is 263 g/mol. The maximum absolute atomic E-state index is 12.3. The van der Waals surface area contributed by atoms with Crippen molar-refractivity contribution in [2.24, 2.45) is 5.73 Å². The lowest BCUT2D eigenvalue weighted by Crippen LogP contribution is -2.55. The number of aryl methyl sites for hydroxylation is 1. The van der Waals surface area contributed by atoms with Crippen LogP contribution in [0.2, 0.25) is 0 Å². The lowest BCUT2D eigenvalue weighted by atomic mass is 9.87. The number of amides is 1. The van der Waals surface area contributed by atoms with Gasteiger partial charge in [0.15, 0.2) is 0 Å². The second-order valence-electron chi connectivity index (χ2n) is 6.18. The third-order valence-corrected chi connectivity index (χ3v) is 4.04. The van der Waals surface area contributed by atoms with Crippen LogP contribution in [0.25, 0.3) is 0 Å². The number of nitrogens with zero attached hydrogens (tertiary/aromatic N) is 1. The molecule has 1 aliphatic heterocycles. The van der Waals surface area contributed by atoms with E-state index < -0.39 is 0 Å². The third-order valence-electron chi connectivity index (χ3n) is 4.04. The van der Waals surface area contributed by atoms with Crippen molar-refractivity contribution in [3.8, 4) is 0 Å². The Bertz CT molecular complexity index is 411. The van der Waals surface area contributed by atoms with Gasteiger partial charge in [-0.15, -0.1) is 0 Å². The fourth-order valence-corrected chi connectivity index (χ4v) is 3.01. The van der Waals surface area contributed by atoms with E-state index in [1.165, 1.54) is 5.56 Å². The van der Waals surface area contributed by atoms with Crippen LogP contribution in [-0.2, 0) is 11.2 Å². The second-order valence-corrected chi connectivity index (χ2v) is 6.18. The van der Waals surface area contributed by atoms with E-state index in [2.05, 4.69) is 24.9 Å². The Labute approximate surface area is 115 Å². The van der Waals surface area contributed by atoms with E-state index in [9.17, 15) is 4.79 Å². The fraction of sp³-hybridized carbons (Fsp3) is 0.667. The summed E-state index contributed by atoms with van der Waals surface area (Å²) in [5, 5.41) is 0. The summed E-state index contributed by atoms with van der Waals surface area (Å²) in [7, 11) is 0.